The monoisotopic (exact) mass is 240 g/mol. The lowest BCUT2D eigenvalue weighted by Gasteiger charge is -2.20. The molecule has 0 aliphatic carbocycles. The van der Waals surface area contributed by atoms with Crippen LogP contribution in [0, 0.1) is 0 Å². The average Bonchev–Trinajstić information content (AvgIpc) is 2.78. The van der Waals surface area contributed by atoms with Gasteiger partial charge in [0.15, 0.2) is 0 Å². The van der Waals surface area contributed by atoms with Crippen LogP contribution in [0.25, 0.3) is 0 Å². The maximum Gasteiger partial charge on any atom is 0.147 e. The highest BCUT2D eigenvalue weighted by Gasteiger charge is 2.24. The van der Waals surface area contributed by atoms with Crippen LogP contribution < -0.4 is 4.90 Å². The van der Waals surface area contributed by atoms with Crippen molar-refractivity contribution in [3.05, 3.63) is 18.1 Å². The molecule has 0 aromatic carbocycles. The lowest BCUT2D eigenvalue weighted by atomic mass is 10.2. The van der Waals surface area contributed by atoms with E-state index < -0.39 is 0 Å². The predicted octanol–water partition coefficient (Wildman–Crippen LogP) is 1.36. The molecule has 0 radical (unpaired) electrons. The van der Waals surface area contributed by atoms with Gasteiger partial charge in [0.25, 0.3) is 0 Å². The van der Waals surface area contributed by atoms with Gasteiger partial charge < -0.3 is 9.80 Å². The zero-order chi connectivity index (χ0) is 11.5. The lowest BCUT2D eigenvalue weighted by molar-refractivity contribution is 0.315. The maximum absolute atomic E-state index is 5.68. The third kappa shape index (κ3) is 2.44. The summed E-state index contributed by atoms with van der Waals surface area (Å²) in [4.78, 5) is 13.2. The van der Waals surface area contributed by atoms with Gasteiger partial charge in [0.2, 0.25) is 0 Å². The molecular formula is C11H17ClN4. The molecule has 0 amide bonds. The Balaban J connectivity index is 2.03. The van der Waals surface area contributed by atoms with Gasteiger partial charge in [-0.1, -0.05) is 0 Å². The number of hydrogen-bond donors (Lipinski definition) is 0. The molecule has 1 aromatic rings. The van der Waals surface area contributed by atoms with Crippen molar-refractivity contribution >= 4 is 17.4 Å². The van der Waals surface area contributed by atoms with Crippen LogP contribution in [-0.2, 0) is 5.88 Å². The van der Waals surface area contributed by atoms with E-state index in [1.807, 2.05) is 6.20 Å². The molecule has 1 fully saturated rings. The molecule has 1 saturated heterocycles. The van der Waals surface area contributed by atoms with E-state index in [0.717, 1.165) is 24.6 Å². The number of aromatic nitrogens is 2. The quantitative estimate of drug-likeness (QED) is 0.747. The fraction of sp³-hybridized carbons (Fsp3) is 0.636. The summed E-state index contributed by atoms with van der Waals surface area (Å²) in [5, 5.41) is 0. The van der Waals surface area contributed by atoms with Gasteiger partial charge in [-0.2, -0.15) is 0 Å². The van der Waals surface area contributed by atoms with Gasteiger partial charge in [-0.05, 0) is 20.5 Å². The maximum atomic E-state index is 5.68. The normalized spacial score (nSPS) is 20.8. The first kappa shape index (κ1) is 11.6. The van der Waals surface area contributed by atoms with E-state index >= 15 is 0 Å². The van der Waals surface area contributed by atoms with Crippen molar-refractivity contribution in [3.8, 4) is 0 Å². The zero-order valence-electron chi connectivity index (χ0n) is 9.73. The van der Waals surface area contributed by atoms with Gasteiger partial charge in [0, 0.05) is 19.1 Å². The van der Waals surface area contributed by atoms with Gasteiger partial charge >= 0.3 is 0 Å². The molecule has 2 heterocycles. The number of alkyl halides is 1. The summed E-state index contributed by atoms with van der Waals surface area (Å²) in [6.45, 7) is 2.08. The highest BCUT2D eigenvalue weighted by atomic mass is 35.5. The van der Waals surface area contributed by atoms with E-state index in [1.165, 1.54) is 6.42 Å². The second-order valence-electron chi connectivity index (χ2n) is 4.35. The molecule has 0 bridgehead atoms. The Hall–Kier alpha value is -0.870. The van der Waals surface area contributed by atoms with Crippen molar-refractivity contribution in [2.24, 2.45) is 0 Å². The Kier molecular flexibility index (Phi) is 3.61. The molecule has 0 spiro atoms. The molecule has 1 unspecified atom stereocenters. The topological polar surface area (TPSA) is 32.3 Å². The predicted molar refractivity (Wildman–Crippen MR) is 65.9 cm³/mol. The van der Waals surface area contributed by atoms with E-state index in [1.54, 1.807) is 6.20 Å². The first-order chi connectivity index (χ1) is 7.70. The highest BCUT2D eigenvalue weighted by Crippen LogP contribution is 2.19. The van der Waals surface area contributed by atoms with Crippen LogP contribution >= 0.6 is 11.6 Å². The molecule has 0 saturated carbocycles. The fourth-order valence-corrected chi connectivity index (χ4v) is 2.09. The van der Waals surface area contributed by atoms with Crippen molar-refractivity contribution in [1.82, 2.24) is 14.9 Å². The Morgan fingerprint density at radius 3 is 2.75 bits per heavy atom. The smallest absolute Gasteiger partial charge is 0.147 e. The minimum Gasteiger partial charge on any atom is -0.354 e. The van der Waals surface area contributed by atoms with Crippen molar-refractivity contribution in [2.75, 3.05) is 32.1 Å². The van der Waals surface area contributed by atoms with E-state index in [4.69, 9.17) is 11.6 Å². The number of hydrogen-bond acceptors (Lipinski definition) is 4. The second kappa shape index (κ2) is 4.97. The Labute approximate surface area is 101 Å². The molecular weight excluding hydrogens is 224 g/mol. The van der Waals surface area contributed by atoms with Gasteiger partial charge in [0.05, 0.1) is 24.0 Å². The largest absolute Gasteiger partial charge is 0.354 e. The Bertz CT molecular complexity index is 338. The number of anilines is 1. The number of halogens is 1. The Morgan fingerprint density at radius 2 is 2.25 bits per heavy atom. The summed E-state index contributed by atoms with van der Waals surface area (Å²) in [5.74, 6) is 1.38. The van der Waals surface area contributed by atoms with Crippen molar-refractivity contribution in [2.45, 2.75) is 18.3 Å². The summed E-state index contributed by atoms with van der Waals surface area (Å²) < 4.78 is 0. The van der Waals surface area contributed by atoms with Crippen LogP contribution in [0.3, 0.4) is 0 Å². The molecule has 1 aliphatic heterocycles. The van der Waals surface area contributed by atoms with E-state index in [2.05, 4.69) is 33.9 Å². The third-order valence-electron chi connectivity index (χ3n) is 3.05. The Morgan fingerprint density at radius 1 is 1.44 bits per heavy atom. The number of rotatable bonds is 3. The van der Waals surface area contributed by atoms with Crippen LogP contribution in [0.2, 0.25) is 0 Å². The SMILES string of the molecule is CN(C)C1CCN(c2cnc(CCl)cn2)C1. The van der Waals surface area contributed by atoms with Crippen molar-refractivity contribution in [1.29, 1.82) is 0 Å². The number of nitrogens with zero attached hydrogens (tertiary/aromatic N) is 4. The van der Waals surface area contributed by atoms with Crippen LogP contribution in [0.4, 0.5) is 5.82 Å². The summed E-state index contributed by atoms with van der Waals surface area (Å²) in [6.07, 6.45) is 4.76. The van der Waals surface area contributed by atoms with Crippen LogP contribution in [0.1, 0.15) is 12.1 Å². The lowest BCUT2D eigenvalue weighted by Crippen LogP contribution is -2.31. The average molecular weight is 241 g/mol. The van der Waals surface area contributed by atoms with Crippen LogP contribution in [-0.4, -0.2) is 48.1 Å². The van der Waals surface area contributed by atoms with Gasteiger partial charge in [-0.15, -0.1) is 11.6 Å². The summed E-state index contributed by atoms with van der Waals surface area (Å²) in [6, 6.07) is 0.620. The number of likely N-dealkylation sites (N-methyl/N-ethyl adjacent to an activating group) is 1. The molecule has 1 atom stereocenters. The molecule has 2 rings (SSSR count). The molecule has 1 aliphatic rings. The first-order valence-electron chi connectivity index (χ1n) is 5.49. The molecule has 88 valence electrons. The van der Waals surface area contributed by atoms with E-state index in [0.29, 0.717) is 11.9 Å². The summed E-state index contributed by atoms with van der Waals surface area (Å²) in [5.41, 5.74) is 0.828. The molecule has 0 N–H and O–H groups in total. The third-order valence-corrected chi connectivity index (χ3v) is 3.32. The molecule has 16 heavy (non-hydrogen) atoms. The van der Waals surface area contributed by atoms with Crippen molar-refractivity contribution < 1.29 is 0 Å². The first-order valence-corrected chi connectivity index (χ1v) is 6.02. The second-order valence-corrected chi connectivity index (χ2v) is 4.62. The van der Waals surface area contributed by atoms with Gasteiger partial charge in [-0.3, -0.25) is 4.98 Å². The standard InChI is InChI=1S/C11H17ClN4/c1-15(2)10-3-4-16(8-10)11-7-13-9(5-12)6-14-11/h6-7,10H,3-5,8H2,1-2H3. The van der Waals surface area contributed by atoms with Crippen LogP contribution in [0.15, 0.2) is 12.4 Å². The van der Waals surface area contributed by atoms with Crippen molar-refractivity contribution in [3.63, 3.8) is 0 Å². The summed E-state index contributed by atoms with van der Waals surface area (Å²) in [7, 11) is 4.24. The minimum atomic E-state index is 0.424. The molecule has 4 nitrogen and oxygen atoms in total. The molecule has 5 heteroatoms. The van der Waals surface area contributed by atoms with E-state index in [9.17, 15) is 0 Å². The van der Waals surface area contributed by atoms with Crippen LogP contribution in [0.5, 0.6) is 0 Å². The minimum absolute atomic E-state index is 0.424. The summed E-state index contributed by atoms with van der Waals surface area (Å²) >= 11 is 5.68. The van der Waals surface area contributed by atoms with Gasteiger partial charge in [-0.25, -0.2) is 4.98 Å². The highest BCUT2D eigenvalue weighted by molar-refractivity contribution is 6.16. The van der Waals surface area contributed by atoms with E-state index in [-0.39, 0.29) is 0 Å². The van der Waals surface area contributed by atoms with Gasteiger partial charge in [0.1, 0.15) is 5.82 Å². The fourth-order valence-electron chi connectivity index (χ4n) is 1.95. The zero-order valence-corrected chi connectivity index (χ0v) is 10.5. The molecule has 1 aromatic heterocycles.